The van der Waals surface area contributed by atoms with Gasteiger partial charge in [0.05, 0.1) is 11.5 Å². The molecule has 0 amide bonds. The average Bonchev–Trinajstić information content (AvgIpc) is 2.48. The first kappa shape index (κ1) is 16.7. The molecule has 0 heterocycles. The first-order valence-corrected chi connectivity index (χ1v) is 6.91. The number of nitrogens with zero attached hydrogens (tertiary/aromatic N) is 2. The van der Waals surface area contributed by atoms with Crippen LogP contribution in [-0.2, 0) is 9.53 Å². The minimum atomic E-state index is -0.454. The lowest BCUT2D eigenvalue weighted by molar-refractivity contribution is -0.384. The molecule has 0 unspecified atom stereocenters. The van der Waals surface area contributed by atoms with Gasteiger partial charge in [-0.15, -0.1) is 0 Å². The normalized spacial score (nSPS) is 11.1. The summed E-state index contributed by atoms with van der Waals surface area (Å²) in [6.07, 6.45) is 1.69. The van der Waals surface area contributed by atoms with Crippen molar-refractivity contribution in [3.8, 4) is 0 Å². The van der Waals surface area contributed by atoms with Gasteiger partial charge in [-0.05, 0) is 44.5 Å². The Bertz CT molecular complexity index is 519. The summed E-state index contributed by atoms with van der Waals surface area (Å²) >= 11 is 0. The Balaban J connectivity index is 3.11. The predicted molar refractivity (Wildman–Crippen MR) is 80.6 cm³/mol. The van der Waals surface area contributed by atoms with Crippen molar-refractivity contribution in [1.29, 1.82) is 0 Å². The number of ether oxygens (including phenoxy) is 1. The van der Waals surface area contributed by atoms with Gasteiger partial charge in [-0.3, -0.25) is 10.1 Å². The molecule has 21 heavy (non-hydrogen) atoms. The second kappa shape index (κ2) is 8.04. The lowest BCUT2D eigenvalue weighted by Crippen LogP contribution is -2.28. The number of nitro benzene ring substituents is 1. The van der Waals surface area contributed by atoms with E-state index in [0.717, 1.165) is 5.56 Å². The second-order valence-electron chi connectivity index (χ2n) is 4.27. The summed E-state index contributed by atoms with van der Waals surface area (Å²) in [5.41, 5.74) is 1.19. The molecule has 6 nitrogen and oxygen atoms in total. The maximum atomic E-state index is 12.0. The summed E-state index contributed by atoms with van der Waals surface area (Å²) in [4.78, 5) is 24.1. The highest BCUT2D eigenvalue weighted by molar-refractivity contribution is 5.93. The summed E-state index contributed by atoms with van der Waals surface area (Å²) < 4.78 is 5.07. The number of carbonyl (C=O) groups excluding carboxylic acids is 1. The van der Waals surface area contributed by atoms with Crippen molar-refractivity contribution in [1.82, 2.24) is 4.90 Å². The molecule has 0 N–H and O–H groups in total. The van der Waals surface area contributed by atoms with Crippen LogP contribution in [0.2, 0.25) is 0 Å². The highest BCUT2D eigenvalue weighted by Gasteiger charge is 2.16. The lowest BCUT2D eigenvalue weighted by atomic mass is 10.1. The van der Waals surface area contributed by atoms with Crippen LogP contribution in [0.3, 0.4) is 0 Å². The maximum Gasteiger partial charge on any atom is 0.354 e. The first-order valence-electron chi connectivity index (χ1n) is 6.91. The molecule has 0 atom stereocenters. The molecule has 0 radical (unpaired) electrons. The predicted octanol–water partition coefficient (Wildman–Crippen LogP) is 2.84. The Labute approximate surface area is 124 Å². The van der Waals surface area contributed by atoms with E-state index >= 15 is 0 Å². The summed E-state index contributed by atoms with van der Waals surface area (Å²) in [6, 6.07) is 6.05. The van der Waals surface area contributed by atoms with Gasteiger partial charge >= 0.3 is 5.97 Å². The summed E-state index contributed by atoms with van der Waals surface area (Å²) in [5.74, 6) is -0.389. The fraction of sp³-hybridized carbons (Fsp3) is 0.400. The molecule has 6 heteroatoms. The number of esters is 1. The summed E-state index contributed by atoms with van der Waals surface area (Å²) in [6.45, 7) is 7.31. The van der Waals surface area contributed by atoms with Crippen LogP contribution in [0.1, 0.15) is 26.3 Å². The standard InChI is InChI=1S/C15H20N2O4/c1-4-16(5-2)14(15(18)21-6-3)11-12-7-9-13(10-8-12)17(19)20/h7-11H,4-6H2,1-3H3. The third-order valence-corrected chi connectivity index (χ3v) is 3.00. The summed E-state index contributed by atoms with van der Waals surface area (Å²) in [5, 5.41) is 10.6. The van der Waals surface area contributed by atoms with E-state index < -0.39 is 4.92 Å². The molecule has 0 aliphatic carbocycles. The Hall–Kier alpha value is -2.37. The molecule has 0 saturated heterocycles. The average molecular weight is 292 g/mol. The van der Waals surface area contributed by atoms with E-state index in [-0.39, 0.29) is 11.7 Å². The molecule has 0 spiro atoms. The van der Waals surface area contributed by atoms with Crippen LogP contribution in [0.15, 0.2) is 30.0 Å². The SMILES string of the molecule is CCOC(=O)C(=Cc1ccc([N+](=O)[O-])cc1)N(CC)CC. The van der Waals surface area contributed by atoms with Gasteiger partial charge in [-0.25, -0.2) is 4.79 Å². The number of carbonyl (C=O) groups is 1. The third kappa shape index (κ3) is 4.59. The van der Waals surface area contributed by atoms with E-state index in [1.807, 2.05) is 18.7 Å². The zero-order valence-corrected chi connectivity index (χ0v) is 12.5. The molecule has 1 aromatic rings. The smallest absolute Gasteiger partial charge is 0.354 e. The molecular weight excluding hydrogens is 272 g/mol. The molecule has 0 fully saturated rings. The number of rotatable bonds is 7. The van der Waals surface area contributed by atoms with Gasteiger partial charge < -0.3 is 9.64 Å². The van der Waals surface area contributed by atoms with E-state index in [9.17, 15) is 14.9 Å². The number of hydrogen-bond donors (Lipinski definition) is 0. The monoisotopic (exact) mass is 292 g/mol. The van der Waals surface area contributed by atoms with Gasteiger partial charge in [0, 0.05) is 25.2 Å². The van der Waals surface area contributed by atoms with Crippen LogP contribution in [-0.4, -0.2) is 35.5 Å². The van der Waals surface area contributed by atoms with E-state index in [1.165, 1.54) is 12.1 Å². The topological polar surface area (TPSA) is 72.7 Å². The third-order valence-electron chi connectivity index (χ3n) is 3.00. The molecule has 1 rings (SSSR count). The van der Waals surface area contributed by atoms with Crippen LogP contribution < -0.4 is 0 Å². The molecule has 0 saturated carbocycles. The van der Waals surface area contributed by atoms with E-state index in [0.29, 0.717) is 25.4 Å². The molecule has 0 bridgehead atoms. The minimum absolute atomic E-state index is 0.0210. The molecular formula is C15H20N2O4. The van der Waals surface area contributed by atoms with Crippen LogP contribution in [0, 0.1) is 10.1 Å². The van der Waals surface area contributed by atoms with Crippen molar-refractivity contribution < 1.29 is 14.5 Å². The van der Waals surface area contributed by atoms with Crippen LogP contribution in [0.5, 0.6) is 0 Å². The molecule has 114 valence electrons. The van der Waals surface area contributed by atoms with Crippen molar-refractivity contribution in [3.63, 3.8) is 0 Å². The van der Waals surface area contributed by atoms with E-state index in [4.69, 9.17) is 4.74 Å². The lowest BCUT2D eigenvalue weighted by Gasteiger charge is -2.22. The highest BCUT2D eigenvalue weighted by Crippen LogP contribution is 2.16. The van der Waals surface area contributed by atoms with Crippen LogP contribution in [0.25, 0.3) is 6.08 Å². The fourth-order valence-corrected chi connectivity index (χ4v) is 1.90. The van der Waals surface area contributed by atoms with E-state index in [1.54, 1.807) is 25.1 Å². The van der Waals surface area contributed by atoms with Crippen molar-refractivity contribution >= 4 is 17.7 Å². The van der Waals surface area contributed by atoms with E-state index in [2.05, 4.69) is 0 Å². The largest absolute Gasteiger partial charge is 0.461 e. The van der Waals surface area contributed by atoms with Crippen molar-refractivity contribution in [2.45, 2.75) is 20.8 Å². The molecule has 0 aliphatic rings. The molecule has 1 aromatic carbocycles. The van der Waals surface area contributed by atoms with Gasteiger partial charge in [0.1, 0.15) is 5.70 Å². The molecule has 0 aromatic heterocycles. The second-order valence-corrected chi connectivity index (χ2v) is 4.27. The number of non-ortho nitro benzene ring substituents is 1. The number of nitro groups is 1. The minimum Gasteiger partial charge on any atom is -0.461 e. The fourth-order valence-electron chi connectivity index (χ4n) is 1.90. The zero-order valence-electron chi connectivity index (χ0n) is 12.5. The number of likely N-dealkylation sites (N-methyl/N-ethyl adjacent to an activating group) is 1. The first-order chi connectivity index (χ1) is 10.0. The molecule has 0 aliphatic heterocycles. The Morgan fingerprint density at radius 1 is 1.24 bits per heavy atom. The zero-order chi connectivity index (χ0) is 15.8. The van der Waals surface area contributed by atoms with Crippen LogP contribution >= 0.6 is 0 Å². The summed E-state index contributed by atoms with van der Waals surface area (Å²) in [7, 11) is 0. The van der Waals surface area contributed by atoms with Gasteiger partial charge in [-0.2, -0.15) is 0 Å². The Morgan fingerprint density at radius 3 is 2.24 bits per heavy atom. The highest BCUT2D eigenvalue weighted by atomic mass is 16.6. The van der Waals surface area contributed by atoms with Crippen molar-refractivity contribution in [2.75, 3.05) is 19.7 Å². The van der Waals surface area contributed by atoms with Gasteiger partial charge in [0.2, 0.25) is 0 Å². The quantitative estimate of drug-likeness (QED) is 0.334. The maximum absolute atomic E-state index is 12.0. The number of hydrogen-bond acceptors (Lipinski definition) is 5. The van der Waals surface area contributed by atoms with Gasteiger partial charge in [0.25, 0.3) is 5.69 Å². The van der Waals surface area contributed by atoms with Gasteiger partial charge in [-0.1, -0.05) is 0 Å². The van der Waals surface area contributed by atoms with Crippen molar-refractivity contribution in [3.05, 3.63) is 45.6 Å². The Kier molecular flexibility index (Phi) is 6.39. The van der Waals surface area contributed by atoms with Crippen molar-refractivity contribution in [2.24, 2.45) is 0 Å². The number of benzene rings is 1. The van der Waals surface area contributed by atoms with Gasteiger partial charge in [0.15, 0.2) is 0 Å². The van der Waals surface area contributed by atoms with Crippen LogP contribution in [0.4, 0.5) is 5.69 Å². The Morgan fingerprint density at radius 2 is 1.81 bits per heavy atom.